The topological polar surface area (TPSA) is 83.9 Å². The minimum Gasteiger partial charge on any atom is -0.343 e. The summed E-state index contributed by atoms with van der Waals surface area (Å²) in [4.78, 5) is 22.0. The summed E-state index contributed by atoms with van der Waals surface area (Å²) < 4.78 is 0. The monoisotopic (exact) mass is 318 g/mol. The lowest BCUT2D eigenvalue weighted by molar-refractivity contribution is -0.130. The predicted molar refractivity (Wildman–Crippen MR) is 83.9 cm³/mol. The molecule has 116 valence electrons. The van der Waals surface area contributed by atoms with Gasteiger partial charge in [0.05, 0.1) is 0 Å². The van der Waals surface area contributed by atoms with Gasteiger partial charge >= 0.3 is 0 Å². The average molecular weight is 318 g/mol. The number of carbonyl (C=O) groups excluding carboxylic acids is 1. The van der Waals surface area contributed by atoms with E-state index in [-0.39, 0.29) is 5.91 Å². The van der Waals surface area contributed by atoms with Crippen LogP contribution in [-0.4, -0.2) is 44.1 Å². The van der Waals surface area contributed by atoms with Crippen LogP contribution in [0.3, 0.4) is 0 Å². The normalized spacial score (nSPS) is 18.2. The molecule has 2 aromatic heterocycles. The first-order valence-corrected chi connectivity index (χ1v) is 8.18. The largest absolute Gasteiger partial charge is 0.343 e. The van der Waals surface area contributed by atoms with Gasteiger partial charge in [-0.25, -0.2) is 9.97 Å². The first-order chi connectivity index (χ1) is 10.7. The molecule has 1 atom stereocenters. The molecule has 0 aliphatic carbocycles. The Labute approximate surface area is 132 Å². The van der Waals surface area contributed by atoms with Crippen molar-refractivity contribution in [3.63, 3.8) is 0 Å². The summed E-state index contributed by atoms with van der Waals surface area (Å²) in [5.41, 5.74) is 2.65. The highest BCUT2D eigenvalue weighted by atomic mass is 32.1. The number of amides is 1. The Morgan fingerprint density at radius 3 is 3.18 bits per heavy atom. The molecule has 0 radical (unpaired) electrons. The van der Waals surface area contributed by atoms with E-state index in [2.05, 4.69) is 25.5 Å². The SMILES string of the molecule is CC(=O)N1CCCC(Cc2cc(Nc3nncs3)ncn2)C1. The zero-order valence-corrected chi connectivity index (χ0v) is 13.2. The third-order valence-electron chi connectivity index (χ3n) is 3.78. The van der Waals surface area contributed by atoms with Gasteiger partial charge in [-0.15, -0.1) is 10.2 Å². The first-order valence-electron chi connectivity index (χ1n) is 7.30. The molecule has 0 spiro atoms. The van der Waals surface area contributed by atoms with Gasteiger partial charge in [0.2, 0.25) is 11.0 Å². The molecule has 3 heterocycles. The number of anilines is 2. The maximum absolute atomic E-state index is 11.5. The van der Waals surface area contributed by atoms with Gasteiger partial charge in [-0.3, -0.25) is 4.79 Å². The van der Waals surface area contributed by atoms with Gasteiger partial charge in [-0.2, -0.15) is 0 Å². The molecule has 1 saturated heterocycles. The second kappa shape index (κ2) is 6.78. The van der Waals surface area contributed by atoms with E-state index in [9.17, 15) is 4.79 Å². The zero-order valence-electron chi connectivity index (χ0n) is 12.4. The van der Waals surface area contributed by atoms with Crippen molar-refractivity contribution in [3.8, 4) is 0 Å². The molecule has 1 fully saturated rings. The van der Waals surface area contributed by atoms with Crippen molar-refractivity contribution in [1.82, 2.24) is 25.1 Å². The molecular formula is C14H18N6OS. The van der Waals surface area contributed by atoms with Crippen molar-refractivity contribution in [2.75, 3.05) is 18.4 Å². The van der Waals surface area contributed by atoms with Crippen LogP contribution in [0.4, 0.5) is 10.9 Å². The van der Waals surface area contributed by atoms with Gasteiger partial charge in [-0.1, -0.05) is 11.3 Å². The number of aromatic nitrogens is 4. The maximum Gasteiger partial charge on any atom is 0.219 e. The van der Waals surface area contributed by atoms with Gasteiger partial charge < -0.3 is 10.2 Å². The number of carbonyl (C=O) groups is 1. The summed E-state index contributed by atoms with van der Waals surface area (Å²) >= 11 is 1.42. The lowest BCUT2D eigenvalue weighted by atomic mass is 9.93. The molecule has 1 N–H and O–H groups in total. The quantitative estimate of drug-likeness (QED) is 0.926. The van der Waals surface area contributed by atoms with Gasteiger partial charge in [0.15, 0.2) is 0 Å². The Balaban J connectivity index is 1.63. The molecule has 7 nitrogen and oxygen atoms in total. The Kier molecular flexibility index (Phi) is 4.57. The lowest BCUT2D eigenvalue weighted by Gasteiger charge is -2.31. The van der Waals surface area contributed by atoms with E-state index >= 15 is 0 Å². The van der Waals surface area contributed by atoms with Crippen molar-refractivity contribution in [3.05, 3.63) is 23.6 Å². The number of piperidine rings is 1. The van der Waals surface area contributed by atoms with Crippen molar-refractivity contribution < 1.29 is 4.79 Å². The number of hydrogen-bond donors (Lipinski definition) is 1. The van der Waals surface area contributed by atoms with Crippen molar-refractivity contribution >= 4 is 28.2 Å². The van der Waals surface area contributed by atoms with Crippen LogP contribution in [0, 0.1) is 5.92 Å². The third-order valence-corrected chi connectivity index (χ3v) is 4.39. The van der Waals surface area contributed by atoms with Gasteiger partial charge in [-0.05, 0) is 25.2 Å². The average Bonchev–Trinajstić information content (AvgIpc) is 3.01. The number of likely N-dealkylation sites (tertiary alicyclic amines) is 1. The summed E-state index contributed by atoms with van der Waals surface area (Å²) in [6.45, 7) is 3.33. The second-order valence-corrected chi connectivity index (χ2v) is 6.27. The smallest absolute Gasteiger partial charge is 0.219 e. The highest BCUT2D eigenvalue weighted by Crippen LogP contribution is 2.22. The second-order valence-electron chi connectivity index (χ2n) is 5.44. The van der Waals surface area contributed by atoms with Crippen LogP contribution >= 0.6 is 11.3 Å². The first kappa shape index (κ1) is 14.8. The lowest BCUT2D eigenvalue weighted by Crippen LogP contribution is -2.39. The molecule has 1 aliphatic rings. The summed E-state index contributed by atoms with van der Waals surface area (Å²) in [6, 6.07) is 1.94. The molecule has 8 heteroatoms. The van der Waals surface area contributed by atoms with E-state index < -0.39 is 0 Å². The molecule has 1 unspecified atom stereocenters. The zero-order chi connectivity index (χ0) is 15.4. The summed E-state index contributed by atoms with van der Waals surface area (Å²) in [5, 5.41) is 11.6. The summed E-state index contributed by atoms with van der Waals surface area (Å²) in [7, 11) is 0. The van der Waals surface area contributed by atoms with E-state index in [1.54, 1.807) is 18.8 Å². The molecule has 22 heavy (non-hydrogen) atoms. The van der Waals surface area contributed by atoms with Crippen molar-refractivity contribution in [2.45, 2.75) is 26.2 Å². The van der Waals surface area contributed by atoms with E-state index in [1.165, 1.54) is 11.3 Å². The summed E-state index contributed by atoms with van der Waals surface area (Å²) in [5.74, 6) is 1.34. The van der Waals surface area contributed by atoms with Crippen LogP contribution in [0.25, 0.3) is 0 Å². The fourth-order valence-corrected chi connectivity index (χ4v) is 3.18. The molecule has 1 aliphatic heterocycles. The highest BCUT2D eigenvalue weighted by molar-refractivity contribution is 7.13. The van der Waals surface area contributed by atoms with E-state index in [4.69, 9.17) is 0 Å². The molecule has 0 bridgehead atoms. The van der Waals surface area contributed by atoms with Crippen LogP contribution in [0.5, 0.6) is 0 Å². The van der Waals surface area contributed by atoms with Gasteiger partial charge in [0, 0.05) is 31.8 Å². The van der Waals surface area contributed by atoms with Crippen molar-refractivity contribution in [2.24, 2.45) is 5.92 Å². The van der Waals surface area contributed by atoms with Gasteiger partial charge in [0.25, 0.3) is 0 Å². The molecule has 0 aromatic carbocycles. The molecule has 1 amide bonds. The molecular weight excluding hydrogens is 300 g/mol. The fourth-order valence-electron chi connectivity index (χ4n) is 2.73. The highest BCUT2D eigenvalue weighted by Gasteiger charge is 2.22. The minimum atomic E-state index is 0.158. The van der Waals surface area contributed by atoms with Gasteiger partial charge in [0.1, 0.15) is 17.7 Å². The van der Waals surface area contributed by atoms with E-state index in [0.717, 1.165) is 43.9 Å². The minimum absolute atomic E-state index is 0.158. The van der Waals surface area contributed by atoms with Crippen LogP contribution in [0.2, 0.25) is 0 Å². The number of rotatable bonds is 4. The Hall–Kier alpha value is -2.09. The fraction of sp³-hybridized carbons (Fsp3) is 0.500. The third kappa shape index (κ3) is 3.76. The van der Waals surface area contributed by atoms with Crippen molar-refractivity contribution in [1.29, 1.82) is 0 Å². The summed E-state index contributed by atoms with van der Waals surface area (Å²) in [6.07, 6.45) is 4.61. The Morgan fingerprint density at radius 1 is 1.50 bits per heavy atom. The molecule has 2 aromatic rings. The number of hydrogen-bond acceptors (Lipinski definition) is 7. The van der Waals surface area contributed by atoms with Crippen LogP contribution in [0.15, 0.2) is 17.9 Å². The number of nitrogens with one attached hydrogen (secondary N) is 1. The molecule has 3 rings (SSSR count). The Morgan fingerprint density at radius 2 is 2.41 bits per heavy atom. The predicted octanol–water partition coefficient (Wildman–Crippen LogP) is 1.87. The van der Waals surface area contributed by atoms with E-state index in [0.29, 0.717) is 11.0 Å². The van der Waals surface area contributed by atoms with Crippen LogP contribution in [0.1, 0.15) is 25.5 Å². The van der Waals surface area contributed by atoms with Crippen LogP contribution in [-0.2, 0) is 11.2 Å². The standard InChI is InChI=1S/C14H18N6OS/c1-10(21)20-4-2-3-11(7-20)5-12-6-13(16-8-15-12)18-14-19-17-9-22-14/h6,8-9,11H,2-5,7H2,1H3,(H,15,16,18,19). The van der Waals surface area contributed by atoms with Crippen LogP contribution < -0.4 is 5.32 Å². The number of nitrogens with zero attached hydrogens (tertiary/aromatic N) is 5. The molecule has 0 saturated carbocycles. The maximum atomic E-state index is 11.5. The van der Waals surface area contributed by atoms with E-state index in [1.807, 2.05) is 11.0 Å². The Bertz CT molecular complexity index is 632.